The molecule has 86 valence electrons. The summed E-state index contributed by atoms with van der Waals surface area (Å²) in [5, 5.41) is 2.98. The molecule has 0 fully saturated rings. The first-order valence-corrected chi connectivity index (χ1v) is 5.81. The van der Waals surface area contributed by atoms with E-state index in [2.05, 4.69) is 24.4 Å². The zero-order valence-corrected chi connectivity index (χ0v) is 9.84. The van der Waals surface area contributed by atoms with Gasteiger partial charge in [-0.2, -0.15) is 0 Å². The van der Waals surface area contributed by atoms with Crippen molar-refractivity contribution >= 4 is 11.6 Å². The summed E-state index contributed by atoms with van der Waals surface area (Å²) in [6, 6.07) is 4.23. The Morgan fingerprint density at radius 1 is 1.44 bits per heavy atom. The van der Waals surface area contributed by atoms with Crippen LogP contribution >= 0.6 is 0 Å². The van der Waals surface area contributed by atoms with E-state index in [9.17, 15) is 4.79 Å². The summed E-state index contributed by atoms with van der Waals surface area (Å²) in [6.07, 6.45) is 1.67. The molecule has 3 heteroatoms. The van der Waals surface area contributed by atoms with Crippen LogP contribution in [0.2, 0.25) is 0 Å². The monoisotopic (exact) mass is 218 g/mol. The summed E-state index contributed by atoms with van der Waals surface area (Å²) in [5.74, 6) is 0.146. The van der Waals surface area contributed by atoms with Gasteiger partial charge in [-0.15, -0.1) is 0 Å². The lowest BCUT2D eigenvalue weighted by Gasteiger charge is -2.10. The molecule has 3 N–H and O–H groups in total. The second-order valence-corrected chi connectivity index (χ2v) is 4.38. The van der Waals surface area contributed by atoms with Crippen LogP contribution in [0.4, 0.5) is 5.69 Å². The number of carbonyl (C=O) groups is 1. The molecule has 1 heterocycles. The van der Waals surface area contributed by atoms with Crippen molar-refractivity contribution in [3.63, 3.8) is 0 Å². The summed E-state index contributed by atoms with van der Waals surface area (Å²) in [5.41, 5.74) is 10.1. The summed E-state index contributed by atoms with van der Waals surface area (Å²) in [7, 11) is 0. The van der Waals surface area contributed by atoms with E-state index in [1.165, 1.54) is 11.1 Å². The van der Waals surface area contributed by atoms with E-state index in [1.807, 2.05) is 6.92 Å². The highest BCUT2D eigenvalue weighted by atomic mass is 16.2. The normalized spacial score (nSPS) is 18.4. The third-order valence-corrected chi connectivity index (χ3v) is 3.16. The van der Waals surface area contributed by atoms with Gasteiger partial charge in [0.05, 0.1) is 5.92 Å². The molecule has 0 aromatic heterocycles. The molecule has 1 aromatic carbocycles. The van der Waals surface area contributed by atoms with E-state index in [-0.39, 0.29) is 11.8 Å². The Morgan fingerprint density at radius 3 is 2.81 bits per heavy atom. The molecule has 1 unspecified atom stereocenters. The van der Waals surface area contributed by atoms with Gasteiger partial charge in [0.15, 0.2) is 0 Å². The highest BCUT2D eigenvalue weighted by Crippen LogP contribution is 2.37. The maximum atomic E-state index is 11.8. The standard InChI is InChI=1S/C13H18N2O/c1-3-10-11-7-8(2)6-9(4-5-14)12(11)15-13(10)16/h6-7,10H,3-5,14H2,1-2H3,(H,15,16). The number of nitrogens with two attached hydrogens (primary N) is 1. The number of rotatable bonds is 3. The SMILES string of the molecule is CCC1C(=O)Nc2c(CCN)cc(C)cc21. The minimum Gasteiger partial charge on any atom is -0.330 e. The highest BCUT2D eigenvalue weighted by Gasteiger charge is 2.30. The highest BCUT2D eigenvalue weighted by molar-refractivity contribution is 6.03. The summed E-state index contributed by atoms with van der Waals surface area (Å²) in [6.45, 7) is 4.72. The van der Waals surface area contributed by atoms with Crippen LogP contribution in [-0.4, -0.2) is 12.5 Å². The predicted molar refractivity (Wildman–Crippen MR) is 65.6 cm³/mol. The Kier molecular flexibility index (Phi) is 2.97. The van der Waals surface area contributed by atoms with Gasteiger partial charge in [-0.1, -0.05) is 24.6 Å². The Hall–Kier alpha value is -1.35. The molecule has 1 aliphatic rings. The van der Waals surface area contributed by atoms with Crippen LogP contribution in [-0.2, 0) is 11.2 Å². The molecule has 0 bridgehead atoms. The number of anilines is 1. The second kappa shape index (κ2) is 4.26. The fourth-order valence-electron chi connectivity index (χ4n) is 2.43. The third-order valence-electron chi connectivity index (χ3n) is 3.16. The van der Waals surface area contributed by atoms with Crippen molar-refractivity contribution in [2.45, 2.75) is 32.6 Å². The Bertz CT molecular complexity index is 426. The fourth-order valence-corrected chi connectivity index (χ4v) is 2.43. The van der Waals surface area contributed by atoms with E-state index in [0.717, 1.165) is 24.1 Å². The van der Waals surface area contributed by atoms with Gasteiger partial charge in [-0.3, -0.25) is 4.79 Å². The van der Waals surface area contributed by atoms with Crippen molar-refractivity contribution in [2.75, 3.05) is 11.9 Å². The molecule has 0 radical (unpaired) electrons. The maximum Gasteiger partial charge on any atom is 0.232 e. The number of aryl methyl sites for hydroxylation is 1. The van der Waals surface area contributed by atoms with Crippen LogP contribution in [0.1, 0.15) is 36.0 Å². The van der Waals surface area contributed by atoms with Crippen molar-refractivity contribution in [3.05, 3.63) is 28.8 Å². The minimum atomic E-state index is 0.0198. The molecule has 0 saturated carbocycles. The van der Waals surface area contributed by atoms with Gasteiger partial charge in [0.1, 0.15) is 0 Å². The van der Waals surface area contributed by atoms with Crippen molar-refractivity contribution in [2.24, 2.45) is 5.73 Å². The number of benzene rings is 1. The zero-order chi connectivity index (χ0) is 11.7. The first kappa shape index (κ1) is 11.1. The first-order valence-electron chi connectivity index (χ1n) is 5.81. The van der Waals surface area contributed by atoms with E-state index >= 15 is 0 Å². The first-order chi connectivity index (χ1) is 7.67. The molecule has 0 spiro atoms. The van der Waals surface area contributed by atoms with Gasteiger partial charge in [0.2, 0.25) is 5.91 Å². The van der Waals surface area contributed by atoms with Crippen LogP contribution < -0.4 is 11.1 Å². The Morgan fingerprint density at radius 2 is 2.19 bits per heavy atom. The van der Waals surface area contributed by atoms with E-state index < -0.39 is 0 Å². The van der Waals surface area contributed by atoms with Crippen molar-refractivity contribution in [1.82, 2.24) is 0 Å². The van der Waals surface area contributed by atoms with Crippen LogP contribution in [0.15, 0.2) is 12.1 Å². The molecule has 1 aliphatic heterocycles. The smallest absolute Gasteiger partial charge is 0.232 e. The second-order valence-electron chi connectivity index (χ2n) is 4.38. The Balaban J connectivity index is 2.50. The number of amides is 1. The summed E-state index contributed by atoms with van der Waals surface area (Å²) in [4.78, 5) is 11.8. The van der Waals surface area contributed by atoms with Gasteiger partial charge < -0.3 is 11.1 Å². The van der Waals surface area contributed by atoms with E-state index in [1.54, 1.807) is 0 Å². The predicted octanol–water partition coefficient (Wildman–Crippen LogP) is 1.94. The lowest BCUT2D eigenvalue weighted by atomic mass is 9.93. The summed E-state index contributed by atoms with van der Waals surface area (Å²) < 4.78 is 0. The third kappa shape index (κ3) is 1.71. The van der Waals surface area contributed by atoms with Crippen LogP contribution in [0.3, 0.4) is 0 Å². The summed E-state index contributed by atoms with van der Waals surface area (Å²) >= 11 is 0. The quantitative estimate of drug-likeness (QED) is 0.814. The van der Waals surface area contributed by atoms with Crippen molar-refractivity contribution in [1.29, 1.82) is 0 Å². The number of hydrogen-bond acceptors (Lipinski definition) is 2. The molecular weight excluding hydrogens is 200 g/mol. The van der Waals surface area contributed by atoms with Gasteiger partial charge in [-0.25, -0.2) is 0 Å². The molecule has 1 atom stereocenters. The lowest BCUT2D eigenvalue weighted by Crippen LogP contribution is -2.11. The fraction of sp³-hybridized carbons (Fsp3) is 0.462. The number of fused-ring (bicyclic) bond motifs is 1. The van der Waals surface area contributed by atoms with Gasteiger partial charge in [0, 0.05) is 5.69 Å². The topological polar surface area (TPSA) is 55.1 Å². The molecule has 1 aromatic rings. The number of hydrogen-bond donors (Lipinski definition) is 2. The molecule has 0 aliphatic carbocycles. The van der Waals surface area contributed by atoms with Gasteiger partial charge in [-0.05, 0) is 37.4 Å². The van der Waals surface area contributed by atoms with Crippen molar-refractivity contribution in [3.8, 4) is 0 Å². The molecule has 0 saturated heterocycles. The molecular formula is C13H18N2O. The maximum absolute atomic E-state index is 11.8. The average Bonchev–Trinajstić information content (AvgIpc) is 2.54. The molecule has 3 nitrogen and oxygen atoms in total. The lowest BCUT2D eigenvalue weighted by molar-refractivity contribution is -0.117. The average molecular weight is 218 g/mol. The van der Waals surface area contributed by atoms with Crippen molar-refractivity contribution < 1.29 is 4.79 Å². The van der Waals surface area contributed by atoms with E-state index in [4.69, 9.17) is 5.73 Å². The largest absolute Gasteiger partial charge is 0.330 e. The number of nitrogens with one attached hydrogen (secondary N) is 1. The van der Waals surface area contributed by atoms with Crippen LogP contribution in [0.5, 0.6) is 0 Å². The van der Waals surface area contributed by atoms with E-state index in [0.29, 0.717) is 6.54 Å². The van der Waals surface area contributed by atoms with Gasteiger partial charge >= 0.3 is 0 Å². The minimum absolute atomic E-state index is 0.0198. The Labute approximate surface area is 96.0 Å². The van der Waals surface area contributed by atoms with Crippen LogP contribution in [0.25, 0.3) is 0 Å². The zero-order valence-electron chi connectivity index (χ0n) is 9.84. The van der Waals surface area contributed by atoms with Crippen LogP contribution in [0, 0.1) is 6.92 Å². The molecule has 16 heavy (non-hydrogen) atoms. The molecule has 1 amide bonds. The number of carbonyl (C=O) groups excluding carboxylic acids is 1. The van der Waals surface area contributed by atoms with Gasteiger partial charge in [0.25, 0.3) is 0 Å². The molecule has 2 rings (SSSR count).